The minimum absolute atomic E-state index is 0.106. The van der Waals surface area contributed by atoms with Gasteiger partial charge in [-0.05, 0) is 12.8 Å². The third kappa shape index (κ3) is 7.07. The highest BCUT2D eigenvalue weighted by Crippen LogP contribution is 2.10. The maximum atomic E-state index is 8.76. The second-order valence-electron chi connectivity index (χ2n) is 3.12. The minimum Gasteiger partial charge on any atom is -0.396 e. The standard InChI is InChI=1S/C9H19BrO2/c10-6-4-2-1-3-5-9(7-11)8-12/h9,11-12H,1-8H2. The molecule has 0 aliphatic carbocycles. The van der Waals surface area contributed by atoms with E-state index in [1.165, 1.54) is 19.3 Å². The van der Waals surface area contributed by atoms with Crippen LogP contribution in [0.25, 0.3) is 0 Å². The summed E-state index contributed by atoms with van der Waals surface area (Å²) in [5, 5.41) is 18.6. The van der Waals surface area contributed by atoms with Crippen LogP contribution in [0.3, 0.4) is 0 Å². The Hall–Kier alpha value is 0.400. The summed E-state index contributed by atoms with van der Waals surface area (Å²) in [6.07, 6.45) is 5.76. The van der Waals surface area contributed by atoms with Crippen LogP contribution in [-0.4, -0.2) is 28.8 Å². The summed E-state index contributed by atoms with van der Waals surface area (Å²) in [6, 6.07) is 0. The molecule has 0 atom stereocenters. The Morgan fingerprint density at radius 3 is 2.00 bits per heavy atom. The SMILES string of the molecule is OCC(CO)CCCCCCBr. The van der Waals surface area contributed by atoms with E-state index < -0.39 is 0 Å². The van der Waals surface area contributed by atoms with Crippen molar-refractivity contribution in [2.45, 2.75) is 32.1 Å². The summed E-state index contributed by atoms with van der Waals surface area (Å²) in [6.45, 7) is 0.240. The largest absolute Gasteiger partial charge is 0.396 e. The summed E-state index contributed by atoms with van der Waals surface area (Å²) in [5.41, 5.74) is 0. The smallest absolute Gasteiger partial charge is 0.0481 e. The van der Waals surface area contributed by atoms with Crippen molar-refractivity contribution in [3.8, 4) is 0 Å². The molecule has 0 rings (SSSR count). The molecule has 0 saturated carbocycles. The van der Waals surface area contributed by atoms with Crippen LogP contribution in [0.5, 0.6) is 0 Å². The van der Waals surface area contributed by atoms with Crippen molar-refractivity contribution >= 4 is 15.9 Å². The fourth-order valence-electron chi connectivity index (χ4n) is 1.12. The monoisotopic (exact) mass is 238 g/mol. The maximum Gasteiger partial charge on any atom is 0.0481 e. The average Bonchev–Trinajstić information content (AvgIpc) is 2.11. The lowest BCUT2D eigenvalue weighted by Gasteiger charge is -2.09. The molecule has 2 nitrogen and oxygen atoms in total. The maximum absolute atomic E-state index is 8.76. The molecule has 74 valence electrons. The number of rotatable bonds is 8. The van der Waals surface area contributed by atoms with Crippen LogP contribution in [0.15, 0.2) is 0 Å². The number of halogens is 1. The van der Waals surface area contributed by atoms with Crippen LogP contribution in [0, 0.1) is 5.92 Å². The summed E-state index contributed by atoms with van der Waals surface area (Å²) < 4.78 is 0. The van der Waals surface area contributed by atoms with Crippen LogP contribution >= 0.6 is 15.9 Å². The molecule has 0 bridgehead atoms. The molecule has 0 unspecified atom stereocenters. The first kappa shape index (κ1) is 12.4. The zero-order chi connectivity index (χ0) is 9.23. The average molecular weight is 239 g/mol. The zero-order valence-corrected chi connectivity index (χ0v) is 9.09. The lowest BCUT2D eigenvalue weighted by Crippen LogP contribution is -2.10. The molecule has 0 aromatic rings. The fraction of sp³-hybridized carbons (Fsp3) is 1.00. The van der Waals surface area contributed by atoms with Gasteiger partial charge in [0.2, 0.25) is 0 Å². The van der Waals surface area contributed by atoms with E-state index in [2.05, 4.69) is 15.9 Å². The molecule has 0 amide bonds. The number of aliphatic hydroxyl groups excluding tert-OH is 2. The highest BCUT2D eigenvalue weighted by Gasteiger charge is 2.04. The third-order valence-electron chi connectivity index (χ3n) is 2.01. The van der Waals surface area contributed by atoms with Crippen LogP contribution in [0.2, 0.25) is 0 Å². The number of hydrogen-bond donors (Lipinski definition) is 2. The molecule has 3 heteroatoms. The Balaban J connectivity index is 3.06. The Kier molecular flexibility index (Phi) is 9.80. The Morgan fingerprint density at radius 1 is 0.917 bits per heavy atom. The fourth-order valence-corrected chi connectivity index (χ4v) is 1.52. The van der Waals surface area contributed by atoms with E-state index in [1.807, 2.05) is 0 Å². The molecular weight excluding hydrogens is 220 g/mol. The van der Waals surface area contributed by atoms with E-state index in [1.54, 1.807) is 0 Å². The van der Waals surface area contributed by atoms with Gasteiger partial charge < -0.3 is 10.2 Å². The van der Waals surface area contributed by atoms with E-state index in [4.69, 9.17) is 10.2 Å². The molecule has 0 saturated heterocycles. The molecule has 0 aliphatic rings. The van der Waals surface area contributed by atoms with Crippen molar-refractivity contribution in [2.24, 2.45) is 5.92 Å². The van der Waals surface area contributed by atoms with Crippen molar-refractivity contribution in [2.75, 3.05) is 18.5 Å². The first-order valence-electron chi connectivity index (χ1n) is 4.62. The molecule has 0 heterocycles. The van der Waals surface area contributed by atoms with Gasteiger partial charge in [0.25, 0.3) is 0 Å². The topological polar surface area (TPSA) is 40.5 Å². The van der Waals surface area contributed by atoms with E-state index in [0.29, 0.717) is 0 Å². The van der Waals surface area contributed by atoms with E-state index in [9.17, 15) is 0 Å². The van der Waals surface area contributed by atoms with E-state index in [-0.39, 0.29) is 19.1 Å². The normalized spacial score (nSPS) is 11.0. The second kappa shape index (κ2) is 9.49. The minimum atomic E-state index is 0.106. The molecule has 0 aliphatic heterocycles. The molecule has 2 N–H and O–H groups in total. The van der Waals surface area contributed by atoms with Gasteiger partial charge in [-0.1, -0.05) is 35.2 Å². The van der Waals surface area contributed by atoms with Crippen LogP contribution in [0.1, 0.15) is 32.1 Å². The van der Waals surface area contributed by atoms with Crippen molar-refractivity contribution in [1.29, 1.82) is 0 Å². The van der Waals surface area contributed by atoms with Gasteiger partial charge in [-0.25, -0.2) is 0 Å². The molecule has 0 aromatic heterocycles. The predicted molar refractivity (Wildman–Crippen MR) is 54.5 cm³/mol. The highest BCUT2D eigenvalue weighted by molar-refractivity contribution is 9.09. The summed E-state index contributed by atoms with van der Waals surface area (Å²) >= 11 is 3.38. The zero-order valence-electron chi connectivity index (χ0n) is 7.51. The molecule has 0 spiro atoms. The summed E-state index contributed by atoms with van der Waals surface area (Å²) in [5.74, 6) is 0.106. The summed E-state index contributed by atoms with van der Waals surface area (Å²) in [7, 11) is 0. The molecular formula is C9H19BrO2. The van der Waals surface area contributed by atoms with Crippen LogP contribution < -0.4 is 0 Å². The lowest BCUT2D eigenvalue weighted by atomic mass is 10.0. The van der Waals surface area contributed by atoms with Gasteiger partial charge >= 0.3 is 0 Å². The number of hydrogen-bond acceptors (Lipinski definition) is 2. The van der Waals surface area contributed by atoms with Crippen LogP contribution in [-0.2, 0) is 0 Å². The number of aliphatic hydroxyl groups is 2. The number of unbranched alkanes of at least 4 members (excludes halogenated alkanes) is 3. The summed E-state index contributed by atoms with van der Waals surface area (Å²) in [4.78, 5) is 0. The highest BCUT2D eigenvalue weighted by atomic mass is 79.9. The Morgan fingerprint density at radius 2 is 1.50 bits per heavy atom. The second-order valence-corrected chi connectivity index (χ2v) is 3.92. The third-order valence-corrected chi connectivity index (χ3v) is 2.57. The Labute approximate surface area is 83.1 Å². The van der Waals surface area contributed by atoms with Gasteiger partial charge in [0.05, 0.1) is 0 Å². The Bertz CT molecular complexity index is 84.6. The van der Waals surface area contributed by atoms with Gasteiger partial charge in [-0.2, -0.15) is 0 Å². The molecule has 0 aromatic carbocycles. The van der Waals surface area contributed by atoms with Gasteiger partial charge in [-0.3, -0.25) is 0 Å². The van der Waals surface area contributed by atoms with Gasteiger partial charge in [0.1, 0.15) is 0 Å². The molecule has 0 radical (unpaired) electrons. The van der Waals surface area contributed by atoms with Crippen molar-refractivity contribution < 1.29 is 10.2 Å². The van der Waals surface area contributed by atoms with Crippen molar-refractivity contribution in [3.63, 3.8) is 0 Å². The predicted octanol–water partition coefficient (Wildman–Crippen LogP) is 1.93. The first-order chi connectivity index (χ1) is 5.85. The first-order valence-corrected chi connectivity index (χ1v) is 5.75. The van der Waals surface area contributed by atoms with Gasteiger partial charge in [0, 0.05) is 24.5 Å². The van der Waals surface area contributed by atoms with Crippen LogP contribution in [0.4, 0.5) is 0 Å². The number of alkyl halides is 1. The molecule has 0 fully saturated rings. The molecule has 12 heavy (non-hydrogen) atoms. The quantitative estimate of drug-likeness (QED) is 0.502. The van der Waals surface area contributed by atoms with E-state index in [0.717, 1.165) is 18.2 Å². The van der Waals surface area contributed by atoms with Gasteiger partial charge in [-0.15, -0.1) is 0 Å². The lowest BCUT2D eigenvalue weighted by molar-refractivity contribution is 0.141. The van der Waals surface area contributed by atoms with E-state index >= 15 is 0 Å². The van der Waals surface area contributed by atoms with Gasteiger partial charge in [0.15, 0.2) is 0 Å². The van der Waals surface area contributed by atoms with Crippen molar-refractivity contribution in [3.05, 3.63) is 0 Å². The van der Waals surface area contributed by atoms with Crippen molar-refractivity contribution in [1.82, 2.24) is 0 Å².